The summed E-state index contributed by atoms with van der Waals surface area (Å²) in [6, 6.07) is 51.5. The van der Waals surface area contributed by atoms with E-state index in [2.05, 4.69) is 103 Å². The normalized spacial score (nSPS) is 12.4. The minimum Gasteiger partial charge on any atom is -0.456 e. The van der Waals surface area contributed by atoms with E-state index in [1.165, 1.54) is 38.2 Å². The molecule has 0 aliphatic heterocycles. The number of para-hydroxylation sites is 1. The van der Waals surface area contributed by atoms with Gasteiger partial charge in [-0.3, -0.25) is 0 Å². The van der Waals surface area contributed by atoms with Crippen molar-refractivity contribution in [1.29, 1.82) is 0 Å². The summed E-state index contributed by atoms with van der Waals surface area (Å²) in [6.07, 6.45) is 0. The van der Waals surface area contributed by atoms with E-state index < -0.39 is 0 Å². The topological polar surface area (TPSA) is 13.1 Å². The minimum absolute atomic E-state index is 0.393. The van der Waals surface area contributed by atoms with E-state index in [0.29, 0.717) is 17.7 Å². The maximum absolute atomic E-state index is 8.69. The van der Waals surface area contributed by atoms with Gasteiger partial charge in [0.2, 0.25) is 0 Å². The fraction of sp³-hybridized carbons (Fsp3) is 0. The van der Waals surface area contributed by atoms with Crippen molar-refractivity contribution >= 4 is 54.3 Å². The molecule has 43 heavy (non-hydrogen) atoms. The second-order valence-electron chi connectivity index (χ2n) is 11.1. The third-order valence-electron chi connectivity index (χ3n) is 8.70. The predicted molar refractivity (Wildman–Crippen MR) is 183 cm³/mol. The Morgan fingerprint density at radius 3 is 1.70 bits per heavy atom. The van der Waals surface area contributed by atoms with Crippen molar-refractivity contribution in [3.63, 3.8) is 0 Å². The van der Waals surface area contributed by atoms with Crippen LogP contribution in [0.4, 0.5) is 0 Å². The highest BCUT2D eigenvalue weighted by Gasteiger charge is 2.17. The van der Waals surface area contributed by atoms with Gasteiger partial charge < -0.3 is 4.42 Å². The summed E-state index contributed by atoms with van der Waals surface area (Å²) in [5.41, 5.74) is 8.27. The lowest BCUT2D eigenvalue weighted by Crippen LogP contribution is -1.91. The zero-order chi connectivity index (χ0) is 30.1. The van der Waals surface area contributed by atoms with E-state index in [1.54, 1.807) is 0 Å². The molecule has 1 nitrogen and oxygen atoms in total. The highest BCUT2D eigenvalue weighted by molar-refractivity contribution is 6.21. The average Bonchev–Trinajstić information content (AvgIpc) is 3.46. The molecular formula is C42H26O. The van der Waals surface area contributed by atoms with E-state index in [9.17, 15) is 0 Å². The molecule has 0 fully saturated rings. The summed E-state index contributed by atoms with van der Waals surface area (Å²) < 4.78 is 22.7. The molecule has 0 N–H and O–H groups in total. The Labute approximate surface area is 252 Å². The molecular weight excluding hydrogens is 520 g/mol. The van der Waals surface area contributed by atoms with Crippen LogP contribution < -0.4 is 0 Å². The second kappa shape index (κ2) is 9.44. The van der Waals surface area contributed by atoms with E-state index in [0.717, 1.165) is 43.8 Å². The maximum atomic E-state index is 8.69. The molecule has 9 aromatic rings. The minimum atomic E-state index is 0.393. The number of hydrogen-bond donors (Lipinski definition) is 0. The first-order chi connectivity index (χ1) is 22.1. The highest BCUT2D eigenvalue weighted by atomic mass is 16.3. The quantitative estimate of drug-likeness (QED) is 0.200. The van der Waals surface area contributed by atoms with Gasteiger partial charge in [-0.1, -0.05) is 133 Å². The van der Waals surface area contributed by atoms with Crippen molar-refractivity contribution in [2.45, 2.75) is 0 Å². The summed E-state index contributed by atoms with van der Waals surface area (Å²) in [5, 5.41) is 9.05. The van der Waals surface area contributed by atoms with Crippen LogP contribution in [0.5, 0.6) is 0 Å². The highest BCUT2D eigenvalue weighted by Crippen LogP contribution is 2.44. The average molecular weight is 549 g/mol. The molecule has 1 aromatic heterocycles. The van der Waals surface area contributed by atoms with Crippen LogP contribution in [0, 0.1) is 0 Å². The number of furan rings is 1. The molecule has 0 radical (unpaired) electrons. The van der Waals surface area contributed by atoms with Gasteiger partial charge in [0.05, 0.1) is 2.74 Å². The van der Waals surface area contributed by atoms with Crippen LogP contribution in [0.3, 0.4) is 0 Å². The van der Waals surface area contributed by atoms with Crippen LogP contribution in [-0.4, -0.2) is 0 Å². The summed E-state index contributed by atoms with van der Waals surface area (Å²) in [4.78, 5) is 0. The number of rotatable bonds is 3. The summed E-state index contributed by atoms with van der Waals surface area (Å²) in [7, 11) is 0. The predicted octanol–water partition coefficient (Wildman–Crippen LogP) is 12.0. The van der Waals surface area contributed by atoms with E-state index >= 15 is 0 Å². The maximum Gasteiger partial charge on any atom is 0.135 e. The monoisotopic (exact) mass is 548 g/mol. The van der Waals surface area contributed by atoms with Crippen molar-refractivity contribution in [3.8, 4) is 33.4 Å². The lowest BCUT2D eigenvalue weighted by atomic mass is 9.85. The molecule has 1 heteroatoms. The van der Waals surface area contributed by atoms with Gasteiger partial charge in [-0.2, -0.15) is 0 Å². The molecule has 0 aliphatic carbocycles. The van der Waals surface area contributed by atoms with Gasteiger partial charge in [-0.15, -0.1) is 0 Å². The first-order valence-corrected chi connectivity index (χ1v) is 14.6. The van der Waals surface area contributed by atoms with E-state index in [4.69, 9.17) is 7.16 Å². The van der Waals surface area contributed by atoms with Gasteiger partial charge in [0.25, 0.3) is 0 Å². The van der Waals surface area contributed by atoms with Crippen molar-refractivity contribution in [2.24, 2.45) is 0 Å². The van der Waals surface area contributed by atoms with Gasteiger partial charge in [-0.25, -0.2) is 0 Å². The summed E-state index contributed by atoms with van der Waals surface area (Å²) >= 11 is 0. The third-order valence-corrected chi connectivity index (χ3v) is 8.70. The smallest absolute Gasteiger partial charge is 0.135 e. The summed E-state index contributed by atoms with van der Waals surface area (Å²) in [5.74, 6) is 0. The van der Waals surface area contributed by atoms with Gasteiger partial charge in [0.1, 0.15) is 11.2 Å². The number of fused-ring (bicyclic) bond motifs is 6. The Morgan fingerprint density at radius 1 is 0.372 bits per heavy atom. The molecule has 9 rings (SSSR count). The van der Waals surface area contributed by atoms with Crippen molar-refractivity contribution < 1.29 is 7.16 Å². The fourth-order valence-electron chi connectivity index (χ4n) is 6.68. The van der Waals surface area contributed by atoms with E-state index in [-0.39, 0.29) is 0 Å². The van der Waals surface area contributed by atoms with Gasteiger partial charge >= 0.3 is 0 Å². The molecule has 0 saturated heterocycles. The van der Waals surface area contributed by atoms with Crippen molar-refractivity contribution in [2.75, 3.05) is 0 Å². The van der Waals surface area contributed by atoms with Crippen LogP contribution in [0.25, 0.3) is 87.6 Å². The summed E-state index contributed by atoms with van der Waals surface area (Å²) in [6.45, 7) is 0. The molecule has 1 heterocycles. The van der Waals surface area contributed by atoms with Crippen molar-refractivity contribution in [1.82, 2.24) is 0 Å². The third kappa shape index (κ3) is 3.79. The van der Waals surface area contributed by atoms with Crippen LogP contribution >= 0.6 is 0 Å². The Hall–Kier alpha value is -5.66. The van der Waals surface area contributed by atoms with Crippen molar-refractivity contribution in [3.05, 3.63) is 158 Å². The van der Waals surface area contributed by atoms with Crippen LogP contribution in [0.2, 0.25) is 0 Å². The lowest BCUT2D eigenvalue weighted by Gasteiger charge is -2.18. The van der Waals surface area contributed by atoms with Gasteiger partial charge in [0.15, 0.2) is 0 Å². The second-order valence-corrected chi connectivity index (χ2v) is 11.1. The molecule has 0 unspecified atom stereocenters. The molecule has 8 aromatic carbocycles. The van der Waals surface area contributed by atoms with Gasteiger partial charge in [-0.05, 0) is 89.9 Å². The molecule has 0 amide bonds. The van der Waals surface area contributed by atoms with Crippen LogP contribution in [-0.2, 0) is 0 Å². The Kier molecular flexibility index (Phi) is 4.83. The first-order valence-electron chi connectivity index (χ1n) is 15.6. The molecule has 200 valence electrons. The standard InChI is InChI=1S/C42H26O/c1-2-10-30-25-32(22-19-27(30)9-1)42-36-14-5-3-12-34(36)41(35-13-4-6-15-37(35)42)29-20-17-28(18-21-29)31-23-24-40-38(26-31)33-11-7-8-16-39(33)43-40/h1-26H/i1D,24D. The molecule has 0 aliphatic rings. The molecule has 0 saturated carbocycles. The zero-order valence-corrected chi connectivity index (χ0v) is 23.3. The Bertz CT molecular complexity index is 2550. The van der Waals surface area contributed by atoms with Crippen LogP contribution in [0.1, 0.15) is 2.74 Å². The van der Waals surface area contributed by atoms with Gasteiger partial charge in [0, 0.05) is 10.8 Å². The molecule has 0 bridgehead atoms. The lowest BCUT2D eigenvalue weighted by molar-refractivity contribution is 0.669. The van der Waals surface area contributed by atoms with E-state index in [1.807, 2.05) is 42.5 Å². The van der Waals surface area contributed by atoms with Crippen LogP contribution in [0.15, 0.2) is 162 Å². The molecule has 0 spiro atoms. The number of benzene rings is 8. The number of hydrogen-bond acceptors (Lipinski definition) is 1. The SMILES string of the molecule is [2H]c1ccc2cc(-c3c4ccccc4c(-c4ccc(-c5cc([2H])c6oc7ccccc7c6c5)cc4)c4ccccc34)ccc2c1. The zero-order valence-electron chi connectivity index (χ0n) is 25.3. The Balaban J connectivity index is 1.22. The Morgan fingerprint density at radius 2 is 0.977 bits per heavy atom. The largest absolute Gasteiger partial charge is 0.456 e. The first kappa shape index (κ1) is 22.0. The fourth-order valence-corrected chi connectivity index (χ4v) is 6.68. The molecule has 0 atom stereocenters.